The number of nitrogens with zero attached hydrogens (tertiary/aromatic N) is 1. The summed E-state index contributed by atoms with van der Waals surface area (Å²) in [5.41, 5.74) is 0. The minimum absolute atomic E-state index is 0.184. The van der Waals surface area contributed by atoms with Gasteiger partial charge in [0.05, 0.1) is 24.0 Å². The van der Waals surface area contributed by atoms with E-state index in [0.29, 0.717) is 4.64 Å². The minimum atomic E-state index is -1.12. The van der Waals surface area contributed by atoms with Crippen molar-refractivity contribution in [2.24, 2.45) is 5.92 Å². The summed E-state index contributed by atoms with van der Waals surface area (Å²) in [4.78, 5) is 0. The lowest BCUT2D eigenvalue weighted by Crippen LogP contribution is -2.49. The smallest absolute Gasteiger partial charge is 0.163 e. The lowest BCUT2D eigenvalue weighted by Gasteiger charge is -2.37. The van der Waals surface area contributed by atoms with Gasteiger partial charge in [0.2, 0.25) is 0 Å². The minimum Gasteiger partial charge on any atom is -0.396 e. The van der Waals surface area contributed by atoms with Crippen LogP contribution in [0.1, 0.15) is 6.23 Å². The van der Waals surface area contributed by atoms with E-state index in [1.54, 1.807) is 10.8 Å². The summed E-state index contributed by atoms with van der Waals surface area (Å²) >= 11 is 6.96. The van der Waals surface area contributed by atoms with Gasteiger partial charge in [-0.1, -0.05) is 12.2 Å². The molecule has 4 atom stereocenters. The molecular weight excluding hydrogens is 298 g/mol. The van der Waals surface area contributed by atoms with E-state index in [1.165, 1.54) is 11.3 Å². The second-order valence-electron chi connectivity index (χ2n) is 4.88. The molecule has 1 aliphatic rings. The van der Waals surface area contributed by atoms with Gasteiger partial charge in [0.1, 0.15) is 10.7 Å². The van der Waals surface area contributed by atoms with Crippen molar-refractivity contribution < 1.29 is 20.1 Å². The normalized spacial score (nSPS) is 30.8. The molecule has 108 valence electrons. The summed E-state index contributed by atoms with van der Waals surface area (Å²) < 4.78 is 8.79. The van der Waals surface area contributed by atoms with E-state index in [0.717, 1.165) is 10.1 Å². The SMILES string of the molecule is OC[C@H]1CO[C@@H](n2ccc3ccsc3c2=S)C(O)[C@H]1O. The van der Waals surface area contributed by atoms with Gasteiger partial charge in [-0.05, 0) is 22.9 Å². The number of hydrogen-bond donors (Lipinski definition) is 3. The molecule has 0 bridgehead atoms. The number of aliphatic hydroxyl groups is 3. The van der Waals surface area contributed by atoms with E-state index in [1.807, 2.05) is 17.5 Å². The third kappa shape index (κ3) is 2.20. The zero-order valence-electron chi connectivity index (χ0n) is 10.5. The van der Waals surface area contributed by atoms with Crippen molar-refractivity contribution in [2.45, 2.75) is 18.4 Å². The maximum absolute atomic E-state index is 10.2. The largest absolute Gasteiger partial charge is 0.396 e. The van der Waals surface area contributed by atoms with Crippen LogP contribution < -0.4 is 0 Å². The molecule has 0 amide bonds. The van der Waals surface area contributed by atoms with Gasteiger partial charge in [-0.3, -0.25) is 0 Å². The number of aliphatic hydroxyl groups excluding tert-OH is 3. The topological polar surface area (TPSA) is 74.9 Å². The number of hydrogen-bond acceptors (Lipinski definition) is 6. The lowest BCUT2D eigenvalue weighted by molar-refractivity contribution is -0.198. The Morgan fingerprint density at radius 3 is 2.90 bits per heavy atom. The van der Waals surface area contributed by atoms with E-state index in [2.05, 4.69) is 0 Å². The van der Waals surface area contributed by atoms with Crippen LogP contribution in [0.5, 0.6) is 0 Å². The molecule has 3 heterocycles. The third-order valence-corrected chi connectivity index (χ3v) is 5.13. The maximum atomic E-state index is 10.2. The van der Waals surface area contributed by atoms with Gasteiger partial charge in [-0.2, -0.15) is 0 Å². The Balaban J connectivity index is 1.99. The second kappa shape index (κ2) is 5.51. The predicted molar refractivity (Wildman–Crippen MR) is 78.2 cm³/mol. The van der Waals surface area contributed by atoms with Crippen molar-refractivity contribution >= 4 is 33.6 Å². The number of fused-ring (bicyclic) bond motifs is 1. The van der Waals surface area contributed by atoms with Crippen LogP contribution in [0, 0.1) is 10.6 Å². The average Bonchev–Trinajstić information content (AvgIpc) is 2.92. The first-order valence-corrected chi connectivity index (χ1v) is 7.59. The fourth-order valence-corrected chi connectivity index (χ4v) is 3.70. The highest BCUT2D eigenvalue weighted by Gasteiger charge is 2.39. The highest BCUT2D eigenvalue weighted by molar-refractivity contribution is 7.71. The van der Waals surface area contributed by atoms with Crippen LogP contribution in [0.3, 0.4) is 0 Å². The third-order valence-electron chi connectivity index (χ3n) is 3.65. The van der Waals surface area contributed by atoms with Crippen LogP contribution in [-0.2, 0) is 4.74 Å². The van der Waals surface area contributed by atoms with Gasteiger partial charge >= 0.3 is 0 Å². The Hall–Kier alpha value is -0.830. The van der Waals surface area contributed by atoms with Gasteiger partial charge in [-0.25, -0.2) is 0 Å². The van der Waals surface area contributed by atoms with Crippen LogP contribution in [-0.4, -0.2) is 45.3 Å². The monoisotopic (exact) mass is 313 g/mol. The van der Waals surface area contributed by atoms with E-state index >= 15 is 0 Å². The highest BCUT2D eigenvalue weighted by Crippen LogP contribution is 2.30. The molecule has 3 rings (SSSR count). The number of thiophene rings is 1. The van der Waals surface area contributed by atoms with Gasteiger partial charge in [0.15, 0.2) is 6.23 Å². The number of aromatic nitrogens is 1. The van der Waals surface area contributed by atoms with Crippen LogP contribution >= 0.6 is 23.6 Å². The Bertz CT molecular complexity index is 668. The number of pyridine rings is 1. The summed E-state index contributed by atoms with van der Waals surface area (Å²) in [5, 5.41) is 32.3. The zero-order chi connectivity index (χ0) is 14.3. The lowest BCUT2D eigenvalue weighted by atomic mass is 9.95. The van der Waals surface area contributed by atoms with Crippen LogP contribution in [0.25, 0.3) is 10.1 Å². The maximum Gasteiger partial charge on any atom is 0.163 e. The molecule has 1 unspecified atom stereocenters. The van der Waals surface area contributed by atoms with Crippen molar-refractivity contribution in [1.82, 2.24) is 4.57 Å². The molecule has 7 heteroatoms. The van der Waals surface area contributed by atoms with E-state index in [-0.39, 0.29) is 13.2 Å². The molecule has 0 spiro atoms. The molecule has 1 aliphatic heterocycles. The molecule has 2 aromatic heterocycles. The van der Waals surface area contributed by atoms with Gasteiger partial charge < -0.3 is 24.6 Å². The summed E-state index contributed by atoms with van der Waals surface area (Å²) in [7, 11) is 0. The van der Waals surface area contributed by atoms with Gasteiger partial charge in [-0.15, -0.1) is 11.3 Å². The second-order valence-corrected chi connectivity index (χ2v) is 6.18. The molecule has 20 heavy (non-hydrogen) atoms. The summed E-state index contributed by atoms with van der Waals surface area (Å²) in [6.45, 7) is -0.0377. The Kier molecular flexibility index (Phi) is 3.89. The Morgan fingerprint density at radius 2 is 2.15 bits per heavy atom. The van der Waals surface area contributed by atoms with Crippen LogP contribution in [0.15, 0.2) is 23.7 Å². The van der Waals surface area contributed by atoms with E-state index in [4.69, 9.17) is 22.1 Å². The van der Waals surface area contributed by atoms with E-state index in [9.17, 15) is 10.2 Å². The van der Waals surface area contributed by atoms with Crippen molar-refractivity contribution in [1.29, 1.82) is 0 Å². The molecule has 3 N–H and O–H groups in total. The first-order chi connectivity index (χ1) is 9.63. The average molecular weight is 313 g/mol. The van der Waals surface area contributed by atoms with Crippen LogP contribution in [0.2, 0.25) is 0 Å². The van der Waals surface area contributed by atoms with Crippen molar-refractivity contribution in [3.8, 4) is 0 Å². The summed E-state index contributed by atoms with van der Waals surface area (Å²) in [6.07, 6.45) is -1.12. The Labute approximate surface area is 124 Å². The Morgan fingerprint density at radius 1 is 1.35 bits per heavy atom. The summed E-state index contributed by atoms with van der Waals surface area (Å²) in [5.74, 6) is -0.471. The predicted octanol–water partition coefficient (Wildman–Crippen LogP) is 1.29. The molecule has 0 radical (unpaired) electrons. The molecular formula is C13H15NO4S2. The van der Waals surface area contributed by atoms with Crippen molar-refractivity contribution in [3.63, 3.8) is 0 Å². The van der Waals surface area contributed by atoms with Gasteiger partial charge in [0.25, 0.3) is 0 Å². The quantitative estimate of drug-likeness (QED) is 0.729. The molecule has 0 aliphatic carbocycles. The zero-order valence-corrected chi connectivity index (χ0v) is 12.2. The first-order valence-electron chi connectivity index (χ1n) is 6.30. The fourth-order valence-electron chi connectivity index (χ4n) is 2.44. The molecule has 0 aromatic carbocycles. The molecule has 1 fully saturated rings. The number of ether oxygens (including phenoxy) is 1. The molecule has 5 nitrogen and oxygen atoms in total. The van der Waals surface area contributed by atoms with E-state index < -0.39 is 24.4 Å². The van der Waals surface area contributed by atoms with Crippen molar-refractivity contribution in [2.75, 3.05) is 13.2 Å². The molecule has 2 aromatic rings. The molecule has 0 saturated carbocycles. The van der Waals surface area contributed by atoms with Gasteiger partial charge in [0, 0.05) is 12.1 Å². The van der Waals surface area contributed by atoms with Crippen molar-refractivity contribution in [3.05, 3.63) is 28.4 Å². The fraction of sp³-hybridized carbons (Fsp3) is 0.462. The number of rotatable bonds is 2. The van der Waals surface area contributed by atoms with Crippen LogP contribution in [0.4, 0.5) is 0 Å². The standard InChI is InChI=1S/C13H15NO4S2/c15-5-8-6-18-12(10(17)9(8)16)14-3-1-7-2-4-20-11(7)13(14)19/h1-4,8-10,12,15-17H,5-6H2/t8-,9-,10?,12+/m0/s1. The highest BCUT2D eigenvalue weighted by atomic mass is 32.1. The summed E-state index contributed by atoms with van der Waals surface area (Å²) in [6, 6.07) is 3.89. The first kappa shape index (κ1) is 14.1. The molecule has 1 saturated heterocycles.